The lowest BCUT2D eigenvalue weighted by Crippen LogP contribution is -2.50. The van der Waals surface area contributed by atoms with Gasteiger partial charge in [0.1, 0.15) is 10.6 Å². The van der Waals surface area contributed by atoms with Gasteiger partial charge in [0, 0.05) is 24.6 Å². The average Bonchev–Trinajstić information content (AvgIpc) is 3.43. The maximum Gasteiger partial charge on any atom is 0.435 e. The molecule has 1 atom stereocenters. The van der Waals surface area contributed by atoms with Crippen LogP contribution >= 0.6 is 0 Å². The van der Waals surface area contributed by atoms with Crippen molar-refractivity contribution in [3.8, 4) is 0 Å². The largest absolute Gasteiger partial charge is 0.481 e. The summed E-state index contributed by atoms with van der Waals surface area (Å²) in [6.45, 7) is 0.870. The fourth-order valence-corrected chi connectivity index (χ4v) is 8.58. The van der Waals surface area contributed by atoms with Gasteiger partial charge in [0.2, 0.25) is 5.91 Å². The van der Waals surface area contributed by atoms with Crippen LogP contribution in [0.25, 0.3) is 0 Å². The predicted molar refractivity (Wildman–Crippen MR) is 145 cm³/mol. The molecule has 2 aromatic carbocycles. The Labute approximate surface area is 254 Å². The summed E-state index contributed by atoms with van der Waals surface area (Å²) in [6, 6.07) is 5.10. The van der Waals surface area contributed by atoms with E-state index in [1.807, 2.05) is 0 Å². The Morgan fingerprint density at radius 1 is 0.911 bits per heavy atom. The molecule has 0 bridgehead atoms. The third kappa shape index (κ3) is 6.03. The number of alkyl halides is 7. The number of benzene rings is 2. The van der Waals surface area contributed by atoms with Gasteiger partial charge in [0.15, 0.2) is 9.84 Å². The van der Waals surface area contributed by atoms with Crippen molar-refractivity contribution < 1.29 is 58.2 Å². The van der Waals surface area contributed by atoms with Crippen LogP contribution < -0.4 is 0 Å². The van der Waals surface area contributed by atoms with Crippen molar-refractivity contribution in [1.29, 1.82) is 0 Å². The van der Waals surface area contributed by atoms with Crippen LogP contribution in [-0.4, -0.2) is 55.7 Å². The summed E-state index contributed by atoms with van der Waals surface area (Å²) in [6.07, 6.45) is -12.2. The molecule has 2 fully saturated rings. The first-order chi connectivity index (χ1) is 20.8. The quantitative estimate of drug-likeness (QED) is 0.245. The van der Waals surface area contributed by atoms with Gasteiger partial charge in [0.25, 0.3) is 0 Å². The molecule has 1 aliphatic carbocycles. The summed E-state index contributed by atoms with van der Waals surface area (Å²) < 4.78 is 137. The Kier molecular flexibility index (Phi) is 9.37. The molecule has 0 spiro atoms. The SMILES string of the molecule is CCCc1cc(C(F)(C(F)(F)F)C(F)(F)F)ccc1[C@@]1(S(=O)(=O)c2ccc(F)cc2)CCN(C(=O)C2CCC(C(=O)O)CC2)C1. The van der Waals surface area contributed by atoms with Crippen LogP contribution in [0.2, 0.25) is 0 Å². The van der Waals surface area contributed by atoms with E-state index in [1.54, 1.807) is 6.92 Å². The summed E-state index contributed by atoms with van der Waals surface area (Å²) in [5, 5.41) is 9.28. The molecule has 1 saturated heterocycles. The fourth-order valence-electron chi connectivity index (χ4n) is 6.46. The van der Waals surface area contributed by atoms with E-state index >= 15 is 4.39 Å². The summed E-state index contributed by atoms with van der Waals surface area (Å²) in [4.78, 5) is 25.8. The molecule has 2 aromatic rings. The molecule has 2 aliphatic rings. The van der Waals surface area contributed by atoms with E-state index in [4.69, 9.17) is 0 Å². The standard InChI is InChI=1S/C30H31F8NO5S/c1-2-3-20-16-21(28(32,29(33,34)35)30(36,37)38)8-13-24(20)27(45(43,44)23-11-9-22(31)10-12-23)14-15-39(17-27)25(40)18-4-6-19(7-5-18)26(41)42/h8-13,16,18-19H,2-7,14-15,17H2,1H3,(H,41,42)/t18?,19?,27-/m1/s1. The molecular weight excluding hydrogens is 638 g/mol. The number of nitrogens with zero attached hydrogens (tertiary/aromatic N) is 1. The van der Waals surface area contributed by atoms with Crippen LogP contribution in [0.15, 0.2) is 47.4 Å². The van der Waals surface area contributed by atoms with Crippen molar-refractivity contribution in [3.05, 3.63) is 65.0 Å². The number of hydrogen-bond donors (Lipinski definition) is 1. The summed E-state index contributed by atoms with van der Waals surface area (Å²) in [7, 11) is -4.61. The average molecular weight is 670 g/mol. The Morgan fingerprint density at radius 3 is 1.98 bits per heavy atom. The van der Waals surface area contributed by atoms with Crippen molar-refractivity contribution >= 4 is 21.7 Å². The molecule has 0 radical (unpaired) electrons. The minimum absolute atomic E-state index is 0.135. The summed E-state index contributed by atoms with van der Waals surface area (Å²) >= 11 is 0. The summed E-state index contributed by atoms with van der Waals surface area (Å²) in [5.41, 5.74) is -7.96. The first-order valence-corrected chi connectivity index (χ1v) is 15.8. The van der Waals surface area contributed by atoms with Crippen LogP contribution in [0.1, 0.15) is 62.1 Å². The van der Waals surface area contributed by atoms with Crippen molar-refractivity contribution in [2.45, 2.75) is 79.5 Å². The molecule has 0 unspecified atom stereocenters. The maximum absolute atomic E-state index is 15.1. The van der Waals surface area contributed by atoms with Gasteiger partial charge in [-0.05, 0) is 73.9 Å². The minimum atomic E-state index is -6.38. The van der Waals surface area contributed by atoms with Crippen molar-refractivity contribution in [2.24, 2.45) is 11.8 Å². The molecule has 1 N–H and O–H groups in total. The highest BCUT2D eigenvalue weighted by molar-refractivity contribution is 7.92. The molecule has 1 amide bonds. The van der Waals surface area contributed by atoms with Gasteiger partial charge in [-0.1, -0.05) is 31.5 Å². The summed E-state index contributed by atoms with van der Waals surface area (Å²) in [5.74, 6) is -3.46. The fraction of sp³-hybridized carbons (Fsp3) is 0.533. The highest BCUT2D eigenvalue weighted by Gasteiger charge is 2.73. The number of aryl methyl sites for hydroxylation is 1. The molecule has 15 heteroatoms. The lowest BCUT2D eigenvalue weighted by Gasteiger charge is -2.35. The first-order valence-electron chi connectivity index (χ1n) is 14.3. The van der Waals surface area contributed by atoms with E-state index in [9.17, 15) is 53.8 Å². The normalized spacial score (nSPS) is 23.3. The highest BCUT2D eigenvalue weighted by Crippen LogP contribution is 2.54. The molecule has 248 valence electrons. The van der Waals surface area contributed by atoms with Crippen LogP contribution in [0.3, 0.4) is 0 Å². The van der Waals surface area contributed by atoms with Crippen LogP contribution in [0, 0.1) is 17.7 Å². The maximum atomic E-state index is 15.1. The van der Waals surface area contributed by atoms with E-state index in [-0.39, 0.29) is 68.7 Å². The minimum Gasteiger partial charge on any atom is -0.481 e. The van der Waals surface area contributed by atoms with E-state index in [0.29, 0.717) is 6.07 Å². The Morgan fingerprint density at radius 2 is 1.47 bits per heavy atom. The third-order valence-electron chi connectivity index (χ3n) is 8.90. The van der Waals surface area contributed by atoms with Crippen LogP contribution in [0.5, 0.6) is 0 Å². The molecule has 1 saturated carbocycles. The second kappa shape index (κ2) is 12.2. The Hall–Kier alpha value is -3.23. The van der Waals surface area contributed by atoms with Gasteiger partial charge in [0.05, 0.1) is 10.8 Å². The number of halogens is 8. The Bertz CT molecular complexity index is 1520. The number of aliphatic carboxylic acids is 1. The molecule has 45 heavy (non-hydrogen) atoms. The highest BCUT2D eigenvalue weighted by atomic mass is 32.2. The number of carbonyl (C=O) groups is 2. The van der Waals surface area contributed by atoms with E-state index in [2.05, 4.69) is 0 Å². The predicted octanol–water partition coefficient (Wildman–Crippen LogP) is 6.86. The topological polar surface area (TPSA) is 91.8 Å². The van der Waals surface area contributed by atoms with Crippen LogP contribution in [0.4, 0.5) is 35.1 Å². The second-order valence-electron chi connectivity index (χ2n) is 11.6. The van der Waals surface area contributed by atoms with Crippen molar-refractivity contribution in [3.63, 3.8) is 0 Å². The monoisotopic (exact) mass is 669 g/mol. The lowest BCUT2D eigenvalue weighted by atomic mass is 9.81. The first kappa shape index (κ1) is 34.6. The Balaban J connectivity index is 1.85. The van der Waals surface area contributed by atoms with Gasteiger partial charge in [-0.2, -0.15) is 26.3 Å². The van der Waals surface area contributed by atoms with E-state index in [0.717, 1.165) is 30.3 Å². The number of likely N-dealkylation sites (tertiary alicyclic amines) is 1. The second-order valence-corrected chi connectivity index (χ2v) is 13.9. The number of carbonyl (C=O) groups excluding carboxylic acids is 1. The van der Waals surface area contributed by atoms with Gasteiger partial charge >= 0.3 is 24.0 Å². The zero-order chi connectivity index (χ0) is 33.6. The molecule has 1 aliphatic heterocycles. The molecule has 4 rings (SSSR count). The van der Waals surface area contributed by atoms with Gasteiger partial charge < -0.3 is 10.0 Å². The van der Waals surface area contributed by atoms with Crippen molar-refractivity contribution in [1.82, 2.24) is 4.90 Å². The van der Waals surface area contributed by atoms with Crippen molar-refractivity contribution in [2.75, 3.05) is 13.1 Å². The molecule has 0 aromatic heterocycles. The smallest absolute Gasteiger partial charge is 0.435 e. The zero-order valence-corrected chi connectivity index (χ0v) is 24.8. The van der Waals surface area contributed by atoms with E-state index in [1.165, 1.54) is 4.90 Å². The van der Waals surface area contributed by atoms with Gasteiger partial charge in [-0.15, -0.1) is 0 Å². The lowest BCUT2D eigenvalue weighted by molar-refractivity contribution is -0.348. The van der Waals surface area contributed by atoms with Gasteiger partial charge in [-0.25, -0.2) is 17.2 Å². The third-order valence-corrected chi connectivity index (χ3v) is 11.4. The number of rotatable bonds is 8. The number of carboxylic acids is 1. The molecular formula is C30H31F8NO5S. The molecule has 6 nitrogen and oxygen atoms in total. The number of sulfone groups is 1. The number of amides is 1. The zero-order valence-electron chi connectivity index (χ0n) is 24.0. The van der Waals surface area contributed by atoms with Gasteiger partial charge in [-0.3, -0.25) is 9.59 Å². The van der Waals surface area contributed by atoms with Crippen LogP contribution in [-0.2, 0) is 36.3 Å². The number of hydrogen-bond acceptors (Lipinski definition) is 4. The molecule has 1 heterocycles. The van der Waals surface area contributed by atoms with E-state index < -0.39 is 79.1 Å². The number of carboxylic acid groups (broad SMARTS) is 1.